The van der Waals surface area contributed by atoms with Gasteiger partial charge in [-0.05, 0) is 47.7 Å². The van der Waals surface area contributed by atoms with Gasteiger partial charge in [0.1, 0.15) is 6.54 Å². The lowest BCUT2D eigenvalue weighted by Crippen LogP contribution is -2.51. The van der Waals surface area contributed by atoms with E-state index in [1.807, 2.05) is 30.3 Å². The van der Waals surface area contributed by atoms with Gasteiger partial charge in [0, 0.05) is 31.9 Å². The zero-order valence-corrected chi connectivity index (χ0v) is 18.2. The Labute approximate surface area is 192 Å². The van der Waals surface area contributed by atoms with Crippen LogP contribution in [0.1, 0.15) is 11.1 Å². The summed E-state index contributed by atoms with van der Waals surface area (Å²) in [5.41, 5.74) is 0.631. The number of benzene rings is 2. The van der Waals surface area contributed by atoms with Crippen molar-refractivity contribution in [2.75, 3.05) is 37.6 Å². The van der Waals surface area contributed by atoms with Crippen molar-refractivity contribution in [2.24, 2.45) is 0 Å². The number of para-hydroxylation sites is 1. The van der Waals surface area contributed by atoms with Gasteiger partial charge in [-0.1, -0.05) is 30.3 Å². The molecule has 172 valence electrons. The van der Waals surface area contributed by atoms with Gasteiger partial charge in [0.05, 0.1) is 10.5 Å². The van der Waals surface area contributed by atoms with Gasteiger partial charge in [-0.2, -0.15) is 13.2 Å². The Hall–Kier alpha value is -3.27. The van der Waals surface area contributed by atoms with E-state index >= 15 is 0 Å². The summed E-state index contributed by atoms with van der Waals surface area (Å²) in [6.07, 6.45) is -3.10. The Morgan fingerprint density at radius 1 is 0.939 bits per heavy atom. The van der Waals surface area contributed by atoms with Crippen molar-refractivity contribution in [1.29, 1.82) is 0 Å². The Balaban J connectivity index is 1.36. The molecule has 2 saturated heterocycles. The monoisotopic (exact) mass is 475 g/mol. The lowest BCUT2D eigenvalue weighted by atomic mass is 10.1. The number of piperazine rings is 1. The van der Waals surface area contributed by atoms with E-state index in [1.165, 1.54) is 18.2 Å². The third-order valence-electron chi connectivity index (χ3n) is 5.46. The summed E-state index contributed by atoms with van der Waals surface area (Å²) in [5.74, 6) is -0.943. The molecule has 0 atom stereocenters. The SMILES string of the molecule is O=C(CN1C(=O)SC(=Cc2ccc(C(F)(F)F)cc2)C1=O)N1CCN(c2ccccc2)CC1. The molecule has 2 aliphatic rings. The summed E-state index contributed by atoms with van der Waals surface area (Å²) in [5, 5.41) is -0.575. The third kappa shape index (κ3) is 5.22. The average molecular weight is 475 g/mol. The van der Waals surface area contributed by atoms with Crippen LogP contribution in [-0.2, 0) is 15.8 Å². The molecule has 10 heteroatoms. The number of carbonyl (C=O) groups is 3. The smallest absolute Gasteiger partial charge is 0.368 e. The highest BCUT2D eigenvalue weighted by Gasteiger charge is 2.37. The number of hydrogen-bond donors (Lipinski definition) is 0. The molecule has 0 aromatic heterocycles. The quantitative estimate of drug-likeness (QED) is 0.624. The lowest BCUT2D eigenvalue weighted by molar-refractivity contribution is -0.137. The van der Waals surface area contributed by atoms with Crippen LogP contribution in [0.3, 0.4) is 0 Å². The molecule has 2 fully saturated rings. The van der Waals surface area contributed by atoms with Crippen molar-refractivity contribution >= 4 is 40.6 Å². The van der Waals surface area contributed by atoms with Crippen molar-refractivity contribution < 1.29 is 27.6 Å². The van der Waals surface area contributed by atoms with Crippen LogP contribution in [0.2, 0.25) is 0 Å². The fourth-order valence-electron chi connectivity index (χ4n) is 3.64. The molecule has 0 spiro atoms. The van der Waals surface area contributed by atoms with Crippen molar-refractivity contribution in [3.8, 4) is 0 Å². The molecule has 2 aliphatic heterocycles. The van der Waals surface area contributed by atoms with Crippen LogP contribution in [0.4, 0.5) is 23.7 Å². The van der Waals surface area contributed by atoms with E-state index in [2.05, 4.69) is 4.90 Å². The summed E-state index contributed by atoms with van der Waals surface area (Å²) in [7, 11) is 0. The topological polar surface area (TPSA) is 60.9 Å². The number of carbonyl (C=O) groups excluding carboxylic acids is 3. The summed E-state index contributed by atoms with van der Waals surface area (Å²) in [4.78, 5) is 42.4. The Bertz CT molecular complexity index is 1080. The molecule has 0 N–H and O–H groups in total. The second-order valence-corrected chi connectivity index (χ2v) is 8.58. The van der Waals surface area contributed by atoms with E-state index in [0.717, 1.165) is 22.7 Å². The molecule has 6 nitrogen and oxygen atoms in total. The van der Waals surface area contributed by atoms with Crippen LogP contribution in [-0.4, -0.2) is 59.6 Å². The normalized spacial score (nSPS) is 18.4. The zero-order valence-electron chi connectivity index (χ0n) is 17.4. The molecule has 2 aromatic rings. The van der Waals surface area contributed by atoms with E-state index in [9.17, 15) is 27.6 Å². The Morgan fingerprint density at radius 2 is 1.58 bits per heavy atom. The van der Waals surface area contributed by atoms with Gasteiger partial charge in [0.25, 0.3) is 11.1 Å². The number of halogens is 3. The number of hydrogen-bond acceptors (Lipinski definition) is 5. The minimum absolute atomic E-state index is 0.0708. The number of imide groups is 1. The van der Waals surface area contributed by atoms with E-state index in [4.69, 9.17) is 0 Å². The summed E-state index contributed by atoms with van der Waals surface area (Å²) >= 11 is 0.670. The van der Waals surface area contributed by atoms with Gasteiger partial charge < -0.3 is 9.80 Å². The molecule has 2 heterocycles. The standard InChI is InChI=1S/C23H20F3N3O3S/c24-23(25,26)17-8-6-16(7-9-17)14-19-21(31)29(22(32)33-19)15-20(30)28-12-10-27(11-13-28)18-4-2-1-3-5-18/h1-9,14H,10-13,15H2. The van der Waals surface area contributed by atoms with Crippen LogP contribution in [0.25, 0.3) is 6.08 Å². The number of nitrogens with zero attached hydrogens (tertiary/aromatic N) is 3. The van der Waals surface area contributed by atoms with Crippen molar-refractivity contribution in [1.82, 2.24) is 9.80 Å². The second kappa shape index (κ2) is 9.30. The predicted octanol–water partition coefficient (Wildman–Crippen LogP) is 4.09. The van der Waals surface area contributed by atoms with Gasteiger partial charge in [-0.3, -0.25) is 19.3 Å². The molecule has 4 rings (SSSR count). The van der Waals surface area contributed by atoms with E-state index in [0.29, 0.717) is 43.5 Å². The first kappa shape index (κ1) is 22.9. The molecular weight excluding hydrogens is 455 g/mol. The van der Waals surface area contributed by atoms with Crippen molar-refractivity contribution in [3.63, 3.8) is 0 Å². The minimum atomic E-state index is -4.46. The third-order valence-corrected chi connectivity index (χ3v) is 6.36. The van der Waals surface area contributed by atoms with Crippen LogP contribution < -0.4 is 4.90 Å². The van der Waals surface area contributed by atoms with Gasteiger partial charge in [-0.15, -0.1) is 0 Å². The molecule has 0 aliphatic carbocycles. The fourth-order valence-corrected chi connectivity index (χ4v) is 4.48. The maximum atomic E-state index is 12.7. The lowest BCUT2D eigenvalue weighted by Gasteiger charge is -2.36. The summed E-state index contributed by atoms with van der Waals surface area (Å²) in [6.45, 7) is 1.88. The van der Waals surface area contributed by atoms with Crippen LogP contribution in [0.15, 0.2) is 59.5 Å². The fraction of sp³-hybridized carbons (Fsp3) is 0.261. The summed E-state index contributed by atoms with van der Waals surface area (Å²) in [6, 6.07) is 14.1. The maximum absolute atomic E-state index is 12.7. The highest BCUT2D eigenvalue weighted by atomic mass is 32.2. The maximum Gasteiger partial charge on any atom is 0.416 e. The highest BCUT2D eigenvalue weighted by molar-refractivity contribution is 8.18. The highest BCUT2D eigenvalue weighted by Crippen LogP contribution is 2.33. The first-order valence-corrected chi connectivity index (χ1v) is 11.0. The van der Waals surface area contributed by atoms with Gasteiger partial charge in [-0.25, -0.2) is 0 Å². The Morgan fingerprint density at radius 3 is 2.18 bits per heavy atom. The molecule has 33 heavy (non-hydrogen) atoms. The van der Waals surface area contributed by atoms with Crippen molar-refractivity contribution in [3.05, 3.63) is 70.6 Å². The molecule has 0 saturated carbocycles. The predicted molar refractivity (Wildman–Crippen MR) is 119 cm³/mol. The number of anilines is 1. The average Bonchev–Trinajstić information content (AvgIpc) is 3.07. The van der Waals surface area contributed by atoms with Crippen molar-refractivity contribution in [2.45, 2.75) is 6.18 Å². The second-order valence-electron chi connectivity index (χ2n) is 7.59. The van der Waals surface area contributed by atoms with E-state index in [1.54, 1.807) is 4.90 Å². The van der Waals surface area contributed by atoms with Gasteiger partial charge in [0.2, 0.25) is 5.91 Å². The molecular formula is C23H20F3N3O3S. The van der Waals surface area contributed by atoms with Crippen LogP contribution in [0, 0.1) is 0 Å². The number of amides is 3. The minimum Gasteiger partial charge on any atom is -0.368 e. The van der Waals surface area contributed by atoms with Crippen LogP contribution in [0.5, 0.6) is 0 Å². The van der Waals surface area contributed by atoms with Crippen LogP contribution >= 0.6 is 11.8 Å². The largest absolute Gasteiger partial charge is 0.416 e. The number of rotatable bonds is 4. The van der Waals surface area contributed by atoms with Gasteiger partial charge >= 0.3 is 6.18 Å². The summed E-state index contributed by atoms with van der Waals surface area (Å²) < 4.78 is 38.1. The molecule has 0 radical (unpaired) electrons. The molecule has 3 amide bonds. The zero-order chi connectivity index (χ0) is 23.6. The van der Waals surface area contributed by atoms with E-state index in [-0.39, 0.29) is 17.4 Å². The first-order valence-electron chi connectivity index (χ1n) is 10.2. The first-order chi connectivity index (χ1) is 15.7. The number of alkyl halides is 3. The van der Waals surface area contributed by atoms with Gasteiger partial charge in [0.15, 0.2) is 0 Å². The van der Waals surface area contributed by atoms with E-state index < -0.39 is 22.9 Å². The molecule has 0 bridgehead atoms. The Kier molecular flexibility index (Phi) is 6.46. The molecule has 2 aromatic carbocycles. The molecule has 0 unspecified atom stereocenters. The number of thioether (sulfide) groups is 1.